The van der Waals surface area contributed by atoms with Gasteiger partial charge in [-0.15, -0.1) is 11.3 Å². The summed E-state index contributed by atoms with van der Waals surface area (Å²) in [5.74, 6) is -1.20. The Kier molecular flexibility index (Phi) is 6.46. The van der Waals surface area contributed by atoms with Gasteiger partial charge in [0.05, 0.1) is 4.92 Å². The van der Waals surface area contributed by atoms with E-state index in [0.29, 0.717) is 10.4 Å². The molecule has 0 radical (unpaired) electrons. The summed E-state index contributed by atoms with van der Waals surface area (Å²) in [6, 6.07) is 6.28. The van der Waals surface area contributed by atoms with Gasteiger partial charge in [0.25, 0.3) is 11.6 Å². The second-order valence-corrected chi connectivity index (χ2v) is 7.05. The molecule has 0 spiro atoms. The molecule has 1 aromatic heterocycles. The first-order valence-corrected chi connectivity index (χ1v) is 8.95. The molecule has 0 aliphatic carbocycles. The van der Waals surface area contributed by atoms with Crippen LogP contribution in [0.3, 0.4) is 0 Å². The van der Waals surface area contributed by atoms with Gasteiger partial charge in [0.15, 0.2) is 6.61 Å². The monoisotopic (exact) mass is 376 g/mol. The van der Waals surface area contributed by atoms with Gasteiger partial charge >= 0.3 is 5.97 Å². The Morgan fingerprint density at radius 2 is 2.04 bits per heavy atom. The van der Waals surface area contributed by atoms with Crippen molar-refractivity contribution in [3.63, 3.8) is 0 Å². The average molecular weight is 376 g/mol. The van der Waals surface area contributed by atoms with E-state index in [1.165, 1.54) is 23.5 Å². The SMILES string of the molecule is CCCc1cc(C(=O)OCC(=O)Nc2c(C)cccc2[N+](=O)[O-])sc1C. The van der Waals surface area contributed by atoms with Gasteiger partial charge in [-0.2, -0.15) is 0 Å². The van der Waals surface area contributed by atoms with E-state index in [9.17, 15) is 19.7 Å². The molecule has 7 nitrogen and oxygen atoms in total. The molecule has 0 bridgehead atoms. The number of benzene rings is 1. The third-order valence-corrected chi connectivity index (χ3v) is 4.86. The minimum Gasteiger partial charge on any atom is -0.451 e. The molecule has 0 saturated carbocycles. The summed E-state index contributed by atoms with van der Waals surface area (Å²) in [6.07, 6.45) is 1.86. The quantitative estimate of drug-likeness (QED) is 0.447. The molecule has 0 aliphatic rings. The third kappa shape index (κ3) is 4.66. The number of esters is 1. The van der Waals surface area contributed by atoms with Crippen molar-refractivity contribution < 1.29 is 19.2 Å². The van der Waals surface area contributed by atoms with Crippen molar-refractivity contribution in [2.75, 3.05) is 11.9 Å². The van der Waals surface area contributed by atoms with Crippen molar-refractivity contribution in [3.8, 4) is 0 Å². The highest BCUT2D eigenvalue weighted by Gasteiger charge is 2.19. The van der Waals surface area contributed by atoms with Crippen LogP contribution in [0.4, 0.5) is 11.4 Å². The van der Waals surface area contributed by atoms with Crippen molar-refractivity contribution in [2.24, 2.45) is 0 Å². The van der Waals surface area contributed by atoms with E-state index in [2.05, 4.69) is 12.2 Å². The fraction of sp³-hybridized carbons (Fsp3) is 0.333. The molecule has 2 aromatic rings. The van der Waals surface area contributed by atoms with Gasteiger partial charge in [-0.05, 0) is 37.5 Å². The van der Waals surface area contributed by atoms with E-state index in [0.717, 1.165) is 23.3 Å². The fourth-order valence-electron chi connectivity index (χ4n) is 2.48. The highest BCUT2D eigenvalue weighted by molar-refractivity contribution is 7.14. The lowest BCUT2D eigenvalue weighted by molar-refractivity contribution is -0.384. The van der Waals surface area contributed by atoms with Crippen LogP contribution in [0.1, 0.15) is 39.0 Å². The van der Waals surface area contributed by atoms with E-state index in [1.807, 2.05) is 6.92 Å². The Labute approximate surface area is 155 Å². The molecule has 0 saturated heterocycles. The molecule has 2 rings (SSSR count). The first kappa shape index (κ1) is 19.6. The molecule has 0 unspecified atom stereocenters. The van der Waals surface area contributed by atoms with E-state index in [4.69, 9.17) is 4.74 Å². The van der Waals surface area contributed by atoms with Gasteiger partial charge in [-0.3, -0.25) is 14.9 Å². The standard InChI is InChI=1S/C18H20N2O5S/c1-4-6-13-9-15(26-12(13)3)18(22)25-10-16(21)19-17-11(2)7-5-8-14(17)20(23)24/h5,7-9H,4,6,10H2,1-3H3,(H,19,21). The number of nitrogens with zero attached hydrogens (tertiary/aromatic N) is 1. The number of amides is 1. The number of aryl methyl sites for hydroxylation is 3. The normalized spacial score (nSPS) is 10.4. The largest absolute Gasteiger partial charge is 0.451 e. The lowest BCUT2D eigenvalue weighted by atomic mass is 10.1. The molecule has 1 aromatic carbocycles. The fourth-order valence-corrected chi connectivity index (χ4v) is 3.45. The van der Waals surface area contributed by atoms with Crippen LogP contribution in [0.5, 0.6) is 0 Å². The Hall–Kier alpha value is -2.74. The number of hydrogen-bond donors (Lipinski definition) is 1. The molecule has 138 valence electrons. The highest BCUT2D eigenvalue weighted by Crippen LogP contribution is 2.27. The number of ether oxygens (including phenoxy) is 1. The second-order valence-electron chi connectivity index (χ2n) is 5.79. The third-order valence-electron chi connectivity index (χ3n) is 3.79. The molecule has 1 heterocycles. The summed E-state index contributed by atoms with van der Waals surface area (Å²) in [5, 5.41) is 13.5. The lowest BCUT2D eigenvalue weighted by Crippen LogP contribution is -2.21. The second kappa shape index (κ2) is 8.57. The van der Waals surface area contributed by atoms with Crippen molar-refractivity contribution >= 4 is 34.6 Å². The zero-order valence-electron chi connectivity index (χ0n) is 14.8. The number of para-hydroxylation sites is 1. The van der Waals surface area contributed by atoms with Crippen LogP contribution >= 0.6 is 11.3 Å². The summed E-state index contributed by atoms with van der Waals surface area (Å²) in [6.45, 7) is 5.14. The molecule has 26 heavy (non-hydrogen) atoms. The van der Waals surface area contributed by atoms with Crippen LogP contribution in [0.2, 0.25) is 0 Å². The maximum absolute atomic E-state index is 12.1. The van der Waals surface area contributed by atoms with Crippen LogP contribution < -0.4 is 5.32 Å². The number of nitro groups is 1. The molecule has 0 atom stereocenters. The molecule has 0 fully saturated rings. The summed E-state index contributed by atoms with van der Waals surface area (Å²) in [5.41, 5.74) is 1.56. The molecule has 1 amide bonds. The van der Waals surface area contributed by atoms with Gasteiger partial charge < -0.3 is 10.1 Å². The predicted molar refractivity (Wildman–Crippen MR) is 99.8 cm³/mol. The van der Waals surface area contributed by atoms with E-state index in [-0.39, 0.29) is 11.4 Å². The Morgan fingerprint density at radius 3 is 2.69 bits per heavy atom. The van der Waals surface area contributed by atoms with Crippen LogP contribution in [0.15, 0.2) is 24.3 Å². The lowest BCUT2D eigenvalue weighted by Gasteiger charge is -2.09. The smallest absolute Gasteiger partial charge is 0.348 e. The maximum atomic E-state index is 12.1. The van der Waals surface area contributed by atoms with Crippen molar-refractivity contribution in [1.82, 2.24) is 0 Å². The summed E-state index contributed by atoms with van der Waals surface area (Å²) >= 11 is 1.33. The minimum atomic E-state index is -0.627. The number of nitro benzene ring substituents is 1. The molecule has 8 heteroatoms. The van der Waals surface area contributed by atoms with Crippen molar-refractivity contribution in [2.45, 2.75) is 33.6 Å². The van der Waals surface area contributed by atoms with Crippen molar-refractivity contribution in [3.05, 3.63) is 55.3 Å². The molecule has 1 N–H and O–H groups in total. The Bertz CT molecular complexity index is 844. The zero-order chi connectivity index (χ0) is 19.3. The number of nitrogens with one attached hydrogen (secondary N) is 1. The maximum Gasteiger partial charge on any atom is 0.348 e. The van der Waals surface area contributed by atoms with Gasteiger partial charge in [0.1, 0.15) is 10.6 Å². The number of carbonyl (C=O) groups is 2. The van der Waals surface area contributed by atoms with Crippen LogP contribution in [0, 0.1) is 24.0 Å². The van der Waals surface area contributed by atoms with Gasteiger partial charge in [0, 0.05) is 10.9 Å². The zero-order valence-corrected chi connectivity index (χ0v) is 15.6. The topological polar surface area (TPSA) is 98.5 Å². The van der Waals surface area contributed by atoms with Gasteiger partial charge in [-0.1, -0.05) is 25.5 Å². The van der Waals surface area contributed by atoms with Crippen LogP contribution in [-0.2, 0) is 16.0 Å². The van der Waals surface area contributed by atoms with E-state index in [1.54, 1.807) is 19.1 Å². The number of rotatable bonds is 7. The number of anilines is 1. The van der Waals surface area contributed by atoms with Gasteiger partial charge in [0.2, 0.25) is 0 Å². The number of carbonyl (C=O) groups excluding carboxylic acids is 2. The first-order valence-electron chi connectivity index (χ1n) is 8.13. The summed E-state index contributed by atoms with van der Waals surface area (Å²) in [4.78, 5) is 36.1. The van der Waals surface area contributed by atoms with Crippen LogP contribution in [0.25, 0.3) is 0 Å². The Balaban J connectivity index is 2.00. The van der Waals surface area contributed by atoms with Gasteiger partial charge in [-0.25, -0.2) is 4.79 Å². The Morgan fingerprint density at radius 1 is 1.31 bits per heavy atom. The van der Waals surface area contributed by atoms with Crippen molar-refractivity contribution in [1.29, 1.82) is 0 Å². The summed E-state index contributed by atoms with van der Waals surface area (Å²) in [7, 11) is 0. The molecular formula is C18H20N2O5S. The molecular weight excluding hydrogens is 356 g/mol. The average Bonchev–Trinajstić information content (AvgIpc) is 2.95. The number of hydrogen-bond acceptors (Lipinski definition) is 6. The number of thiophene rings is 1. The van der Waals surface area contributed by atoms with Crippen LogP contribution in [-0.4, -0.2) is 23.4 Å². The van der Waals surface area contributed by atoms with E-state index < -0.39 is 23.4 Å². The first-order chi connectivity index (χ1) is 12.3. The molecule has 0 aliphatic heterocycles. The summed E-state index contributed by atoms with van der Waals surface area (Å²) < 4.78 is 5.04. The predicted octanol–water partition coefficient (Wildman–Crippen LogP) is 4.02. The van der Waals surface area contributed by atoms with E-state index >= 15 is 0 Å². The highest BCUT2D eigenvalue weighted by atomic mass is 32.1. The minimum absolute atomic E-state index is 0.107.